The fraction of sp³-hybridized carbons (Fsp3) is 0.591. The van der Waals surface area contributed by atoms with Gasteiger partial charge in [0, 0.05) is 24.3 Å². The number of β-amino-alcohol motifs (C(OH)–C–C–N with tert-alkyl or cyclic N) is 1. The summed E-state index contributed by atoms with van der Waals surface area (Å²) < 4.78 is 5.95. The fourth-order valence-corrected chi connectivity index (χ4v) is 3.85. The van der Waals surface area contributed by atoms with Crippen LogP contribution in [0.5, 0.6) is 5.75 Å². The molecule has 3 rings (SSSR count). The standard InChI is InChI=1S/C22H34N4O2/c1-17-21(18(2)25-24-17)10-11-23-14-19-8-4-5-9-22(19)28-16-20(27)15-26-12-6-3-7-13-26/h4-5,8-9,20,23,27H,3,6-7,10-16H2,1-2H3,(H,24,25). The van der Waals surface area contributed by atoms with Gasteiger partial charge >= 0.3 is 0 Å². The maximum Gasteiger partial charge on any atom is 0.123 e. The zero-order valence-electron chi connectivity index (χ0n) is 17.2. The fourth-order valence-electron chi connectivity index (χ4n) is 3.85. The smallest absolute Gasteiger partial charge is 0.123 e. The highest BCUT2D eigenvalue weighted by molar-refractivity contribution is 5.33. The third-order valence-electron chi connectivity index (χ3n) is 5.47. The Morgan fingerprint density at radius 2 is 2.00 bits per heavy atom. The second kappa shape index (κ2) is 10.6. The van der Waals surface area contributed by atoms with Crippen molar-refractivity contribution in [3.05, 3.63) is 46.8 Å². The summed E-state index contributed by atoms with van der Waals surface area (Å²) in [5, 5.41) is 21.1. The molecule has 1 atom stereocenters. The Balaban J connectivity index is 1.43. The quantitative estimate of drug-likeness (QED) is 0.548. The first-order chi connectivity index (χ1) is 13.6. The summed E-state index contributed by atoms with van der Waals surface area (Å²) in [5.41, 5.74) is 4.63. The first-order valence-electron chi connectivity index (χ1n) is 10.5. The molecule has 0 bridgehead atoms. The van der Waals surface area contributed by atoms with Gasteiger partial charge in [0.2, 0.25) is 0 Å². The summed E-state index contributed by atoms with van der Waals surface area (Å²) in [5.74, 6) is 0.850. The highest BCUT2D eigenvalue weighted by atomic mass is 16.5. The number of benzene rings is 1. The van der Waals surface area contributed by atoms with Gasteiger partial charge in [-0.15, -0.1) is 0 Å². The molecule has 0 saturated carbocycles. The number of piperidine rings is 1. The molecule has 154 valence electrons. The molecule has 1 aliphatic rings. The molecule has 1 fully saturated rings. The number of aryl methyl sites for hydroxylation is 2. The Bertz CT molecular complexity index is 706. The van der Waals surface area contributed by atoms with E-state index in [0.29, 0.717) is 13.2 Å². The van der Waals surface area contributed by atoms with Crippen LogP contribution in [0.2, 0.25) is 0 Å². The van der Waals surface area contributed by atoms with Crippen LogP contribution in [0, 0.1) is 13.8 Å². The summed E-state index contributed by atoms with van der Waals surface area (Å²) in [6.07, 6.45) is 4.28. The number of hydrogen-bond donors (Lipinski definition) is 3. The van der Waals surface area contributed by atoms with E-state index in [9.17, 15) is 5.11 Å². The van der Waals surface area contributed by atoms with Gasteiger partial charge in [-0.3, -0.25) is 5.10 Å². The normalized spacial score (nSPS) is 16.2. The lowest BCUT2D eigenvalue weighted by Crippen LogP contribution is -2.38. The van der Waals surface area contributed by atoms with Crippen LogP contribution >= 0.6 is 0 Å². The van der Waals surface area contributed by atoms with Crippen LogP contribution in [0.4, 0.5) is 0 Å². The lowest BCUT2D eigenvalue weighted by atomic mass is 10.1. The number of nitrogens with one attached hydrogen (secondary N) is 2. The van der Waals surface area contributed by atoms with Crippen LogP contribution in [0.15, 0.2) is 24.3 Å². The number of H-pyrrole nitrogens is 1. The Hall–Kier alpha value is -1.89. The van der Waals surface area contributed by atoms with Crippen molar-refractivity contribution in [2.75, 3.05) is 32.8 Å². The van der Waals surface area contributed by atoms with Crippen LogP contribution in [0.1, 0.15) is 41.8 Å². The minimum Gasteiger partial charge on any atom is -0.491 e. The molecule has 0 spiro atoms. The van der Waals surface area contributed by atoms with E-state index in [1.165, 1.54) is 24.8 Å². The first kappa shape index (κ1) is 20.8. The Morgan fingerprint density at radius 3 is 2.75 bits per heavy atom. The molecule has 1 unspecified atom stereocenters. The summed E-state index contributed by atoms with van der Waals surface area (Å²) in [7, 11) is 0. The van der Waals surface area contributed by atoms with Crippen molar-refractivity contribution in [2.45, 2.75) is 52.2 Å². The molecule has 2 heterocycles. The van der Waals surface area contributed by atoms with Gasteiger partial charge in [-0.05, 0) is 64.4 Å². The predicted octanol–water partition coefficient (Wildman–Crippen LogP) is 2.58. The largest absolute Gasteiger partial charge is 0.491 e. The van der Waals surface area contributed by atoms with E-state index in [2.05, 4.69) is 33.4 Å². The first-order valence-corrected chi connectivity index (χ1v) is 10.5. The van der Waals surface area contributed by atoms with Crippen LogP contribution < -0.4 is 10.1 Å². The Labute approximate surface area is 168 Å². The molecule has 1 aromatic heterocycles. The van der Waals surface area contributed by atoms with E-state index in [-0.39, 0.29) is 0 Å². The number of rotatable bonds is 10. The van der Waals surface area contributed by atoms with Crippen molar-refractivity contribution < 1.29 is 9.84 Å². The van der Waals surface area contributed by atoms with Gasteiger partial charge in [0.1, 0.15) is 18.5 Å². The van der Waals surface area contributed by atoms with Gasteiger partial charge in [-0.25, -0.2) is 0 Å². The number of nitrogens with zero attached hydrogens (tertiary/aromatic N) is 2. The van der Waals surface area contributed by atoms with Gasteiger partial charge in [0.25, 0.3) is 0 Å². The summed E-state index contributed by atoms with van der Waals surface area (Å²) >= 11 is 0. The SMILES string of the molecule is Cc1n[nH]c(C)c1CCNCc1ccccc1OCC(O)CN1CCCCC1. The van der Waals surface area contributed by atoms with Gasteiger partial charge in [-0.1, -0.05) is 24.6 Å². The van der Waals surface area contributed by atoms with E-state index < -0.39 is 6.10 Å². The minimum atomic E-state index is -0.453. The molecule has 0 aliphatic carbocycles. The van der Waals surface area contributed by atoms with E-state index in [4.69, 9.17) is 4.74 Å². The van der Waals surface area contributed by atoms with Gasteiger partial charge in [0.15, 0.2) is 0 Å². The van der Waals surface area contributed by atoms with Crippen LogP contribution in [0.25, 0.3) is 0 Å². The van der Waals surface area contributed by atoms with Crippen molar-refractivity contribution in [1.29, 1.82) is 0 Å². The van der Waals surface area contributed by atoms with Crippen molar-refractivity contribution in [2.24, 2.45) is 0 Å². The van der Waals surface area contributed by atoms with Crippen molar-refractivity contribution in [3.8, 4) is 5.75 Å². The Morgan fingerprint density at radius 1 is 1.21 bits per heavy atom. The molecule has 3 N–H and O–H groups in total. The molecule has 1 aromatic carbocycles. The molecular formula is C22H34N4O2. The van der Waals surface area contributed by atoms with E-state index in [1.807, 2.05) is 25.1 Å². The highest BCUT2D eigenvalue weighted by Gasteiger charge is 2.15. The summed E-state index contributed by atoms with van der Waals surface area (Å²) in [6.45, 7) is 8.94. The highest BCUT2D eigenvalue weighted by Crippen LogP contribution is 2.18. The maximum atomic E-state index is 10.3. The number of aliphatic hydroxyl groups excluding tert-OH is 1. The van der Waals surface area contributed by atoms with Crippen molar-refractivity contribution >= 4 is 0 Å². The van der Waals surface area contributed by atoms with E-state index in [1.54, 1.807) is 0 Å². The number of aromatic amines is 1. The molecule has 28 heavy (non-hydrogen) atoms. The van der Waals surface area contributed by atoms with Gasteiger partial charge < -0.3 is 20.1 Å². The second-order valence-electron chi connectivity index (χ2n) is 7.77. The van der Waals surface area contributed by atoms with Crippen molar-refractivity contribution in [1.82, 2.24) is 20.4 Å². The van der Waals surface area contributed by atoms with Crippen LogP contribution in [-0.4, -0.2) is 59.1 Å². The molecule has 6 heteroatoms. The van der Waals surface area contributed by atoms with Crippen LogP contribution in [-0.2, 0) is 13.0 Å². The summed E-state index contributed by atoms with van der Waals surface area (Å²) in [6, 6.07) is 8.06. The molecule has 2 aromatic rings. The maximum absolute atomic E-state index is 10.3. The van der Waals surface area contributed by atoms with E-state index >= 15 is 0 Å². The predicted molar refractivity (Wildman–Crippen MR) is 112 cm³/mol. The lowest BCUT2D eigenvalue weighted by molar-refractivity contribution is 0.0614. The number of aliphatic hydroxyl groups is 1. The number of aromatic nitrogens is 2. The third-order valence-corrected chi connectivity index (χ3v) is 5.47. The minimum absolute atomic E-state index is 0.334. The molecule has 0 radical (unpaired) electrons. The molecular weight excluding hydrogens is 352 g/mol. The zero-order chi connectivity index (χ0) is 19.8. The number of ether oxygens (including phenoxy) is 1. The number of para-hydroxylation sites is 1. The average Bonchev–Trinajstić information content (AvgIpc) is 3.03. The second-order valence-corrected chi connectivity index (χ2v) is 7.77. The Kier molecular flexibility index (Phi) is 7.89. The number of hydrogen-bond acceptors (Lipinski definition) is 5. The van der Waals surface area contributed by atoms with Crippen molar-refractivity contribution in [3.63, 3.8) is 0 Å². The molecule has 1 aliphatic heterocycles. The molecule has 1 saturated heterocycles. The molecule has 0 amide bonds. The van der Waals surface area contributed by atoms with E-state index in [0.717, 1.165) is 55.3 Å². The zero-order valence-corrected chi connectivity index (χ0v) is 17.2. The molecule has 6 nitrogen and oxygen atoms in total. The van der Waals surface area contributed by atoms with Crippen LogP contribution in [0.3, 0.4) is 0 Å². The van der Waals surface area contributed by atoms with Gasteiger partial charge in [-0.2, -0.15) is 5.10 Å². The summed E-state index contributed by atoms with van der Waals surface area (Å²) in [4.78, 5) is 2.34. The average molecular weight is 387 g/mol. The number of likely N-dealkylation sites (tertiary alicyclic amines) is 1. The third kappa shape index (κ3) is 6.06. The topological polar surface area (TPSA) is 73.4 Å². The monoisotopic (exact) mass is 386 g/mol. The lowest BCUT2D eigenvalue weighted by Gasteiger charge is -2.28. The van der Waals surface area contributed by atoms with Gasteiger partial charge in [0.05, 0.1) is 5.69 Å².